The summed E-state index contributed by atoms with van der Waals surface area (Å²) in [6.07, 6.45) is 0. The normalized spacial score (nSPS) is 11.7. The largest absolute Gasteiger partial charge is 0.495 e. The van der Waals surface area contributed by atoms with Crippen molar-refractivity contribution in [2.45, 2.75) is 17.1 Å². The number of carbonyl (C=O) groups is 1. The van der Waals surface area contributed by atoms with Crippen molar-refractivity contribution < 1.29 is 13.9 Å². The molecule has 0 aliphatic heterocycles. The lowest BCUT2D eigenvalue weighted by Crippen LogP contribution is -2.19. The van der Waals surface area contributed by atoms with Crippen LogP contribution in [0.2, 0.25) is 0 Å². The maximum absolute atomic E-state index is 14.2. The van der Waals surface area contributed by atoms with Crippen LogP contribution in [-0.4, -0.2) is 13.0 Å². The van der Waals surface area contributed by atoms with Crippen LogP contribution < -0.4 is 10.1 Å². The molecule has 0 heterocycles. The maximum Gasteiger partial charge on any atom is 0.242 e. The second-order valence-corrected chi connectivity index (χ2v) is 7.18. The quantitative estimate of drug-likeness (QED) is 0.564. The van der Waals surface area contributed by atoms with E-state index in [1.165, 1.54) is 17.8 Å². The van der Waals surface area contributed by atoms with Crippen molar-refractivity contribution in [3.8, 4) is 5.75 Å². The molecule has 3 rings (SSSR count). The van der Waals surface area contributed by atoms with Crippen LogP contribution in [0.15, 0.2) is 77.7 Å². The summed E-state index contributed by atoms with van der Waals surface area (Å²) in [4.78, 5) is 13.5. The van der Waals surface area contributed by atoms with Gasteiger partial charge in [-0.15, -0.1) is 11.8 Å². The highest BCUT2D eigenvalue weighted by Crippen LogP contribution is 2.38. The number of nitrogens with one attached hydrogen (secondary N) is 1. The fraction of sp³-hybridized carbons (Fsp3) is 0.136. The maximum atomic E-state index is 14.2. The van der Waals surface area contributed by atoms with Crippen LogP contribution in [0.5, 0.6) is 5.75 Å². The Hall–Kier alpha value is -2.79. The number of aryl methyl sites for hydroxylation is 1. The van der Waals surface area contributed by atoms with E-state index < -0.39 is 5.25 Å². The summed E-state index contributed by atoms with van der Waals surface area (Å²) in [5, 5.41) is 2.33. The number of rotatable bonds is 6. The molecule has 27 heavy (non-hydrogen) atoms. The van der Waals surface area contributed by atoms with Gasteiger partial charge in [0.1, 0.15) is 16.8 Å². The Kier molecular flexibility index (Phi) is 6.14. The summed E-state index contributed by atoms with van der Waals surface area (Å²) in [7, 11) is 1.56. The molecule has 0 aliphatic carbocycles. The topological polar surface area (TPSA) is 38.3 Å². The number of anilines is 1. The number of methoxy groups -OCH3 is 1. The third-order valence-electron chi connectivity index (χ3n) is 4.03. The highest BCUT2D eigenvalue weighted by Gasteiger charge is 2.24. The van der Waals surface area contributed by atoms with Gasteiger partial charge in [-0.05, 0) is 42.3 Å². The minimum atomic E-state index is -0.603. The van der Waals surface area contributed by atoms with Gasteiger partial charge in [0, 0.05) is 4.90 Å². The summed E-state index contributed by atoms with van der Waals surface area (Å²) in [5.41, 5.74) is 2.40. The summed E-state index contributed by atoms with van der Waals surface area (Å²) in [6, 6.07) is 21.4. The number of hydrogen-bond donors (Lipinski definition) is 1. The molecule has 0 radical (unpaired) electrons. The van der Waals surface area contributed by atoms with Gasteiger partial charge in [-0.3, -0.25) is 4.79 Å². The molecule has 0 saturated carbocycles. The molecule has 1 atom stereocenters. The standard InChI is InChI=1S/C22H20FNO2S/c1-15-12-13-19(26-2)18(14-15)24-22(25)21(16-8-4-3-5-9-16)27-20-11-7-6-10-17(20)23/h3-14,21H,1-2H3,(H,24,25). The van der Waals surface area contributed by atoms with E-state index >= 15 is 0 Å². The Morgan fingerprint density at radius 3 is 2.44 bits per heavy atom. The lowest BCUT2D eigenvalue weighted by Gasteiger charge is -2.18. The molecule has 0 aromatic heterocycles. The zero-order valence-corrected chi connectivity index (χ0v) is 15.9. The Labute approximate surface area is 162 Å². The lowest BCUT2D eigenvalue weighted by atomic mass is 10.1. The van der Waals surface area contributed by atoms with E-state index in [4.69, 9.17) is 4.74 Å². The van der Waals surface area contributed by atoms with Crippen LogP contribution in [0.4, 0.5) is 10.1 Å². The number of ether oxygens (including phenoxy) is 1. The van der Waals surface area contributed by atoms with Gasteiger partial charge >= 0.3 is 0 Å². The Bertz CT molecular complexity index is 931. The van der Waals surface area contributed by atoms with Crippen molar-refractivity contribution >= 4 is 23.4 Å². The number of thioether (sulfide) groups is 1. The van der Waals surface area contributed by atoms with Crippen LogP contribution in [0, 0.1) is 12.7 Å². The van der Waals surface area contributed by atoms with Crippen molar-refractivity contribution in [1.82, 2.24) is 0 Å². The van der Waals surface area contributed by atoms with Gasteiger partial charge in [0.25, 0.3) is 0 Å². The third kappa shape index (κ3) is 4.68. The number of benzene rings is 3. The lowest BCUT2D eigenvalue weighted by molar-refractivity contribution is -0.115. The van der Waals surface area contributed by atoms with E-state index in [0.717, 1.165) is 11.1 Å². The minimum absolute atomic E-state index is 0.238. The molecule has 138 valence electrons. The Balaban J connectivity index is 1.92. The van der Waals surface area contributed by atoms with Gasteiger partial charge in [-0.1, -0.05) is 48.5 Å². The van der Waals surface area contributed by atoms with Crippen LogP contribution in [-0.2, 0) is 4.79 Å². The number of amides is 1. The van der Waals surface area contributed by atoms with Crippen molar-refractivity contribution in [2.24, 2.45) is 0 Å². The van der Waals surface area contributed by atoms with Crippen molar-refractivity contribution in [2.75, 3.05) is 12.4 Å². The zero-order chi connectivity index (χ0) is 19.2. The van der Waals surface area contributed by atoms with E-state index in [0.29, 0.717) is 16.3 Å². The molecule has 1 N–H and O–H groups in total. The second kappa shape index (κ2) is 8.73. The molecule has 0 bridgehead atoms. The molecule has 3 aromatic carbocycles. The Morgan fingerprint density at radius 2 is 1.74 bits per heavy atom. The van der Waals surface area contributed by atoms with E-state index in [-0.39, 0.29) is 11.7 Å². The summed E-state index contributed by atoms with van der Waals surface area (Å²) < 4.78 is 19.5. The molecule has 0 saturated heterocycles. The molecule has 3 aromatic rings. The number of hydrogen-bond acceptors (Lipinski definition) is 3. The number of halogens is 1. The summed E-state index contributed by atoms with van der Waals surface area (Å²) in [5.74, 6) is -0.000580. The molecule has 3 nitrogen and oxygen atoms in total. The van der Waals surface area contributed by atoms with E-state index in [1.807, 2.05) is 55.5 Å². The predicted molar refractivity (Wildman–Crippen MR) is 108 cm³/mol. The van der Waals surface area contributed by atoms with Crippen molar-refractivity contribution in [3.05, 3.63) is 89.7 Å². The molecule has 0 spiro atoms. The van der Waals surface area contributed by atoms with Crippen LogP contribution >= 0.6 is 11.8 Å². The molecule has 1 amide bonds. The highest BCUT2D eigenvalue weighted by molar-refractivity contribution is 8.00. The minimum Gasteiger partial charge on any atom is -0.495 e. The number of carbonyl (C=O) groups excluding carboxylic acids is 1. The van der Waals surface area contributed by atoms with Gasteiger partial charge in [0.05, 0.1) is 12.8 Å². The monoisotopic (exact) mass is 381 g/mol. The highest BCUT2D eigenvalue weighted by atomic mass is 32.2. The second-order valence-electron chi connectivity index (χ2n) is 6.03. The first-order valence-electron chi connectivity index (χ1n) is 8.50. The van der Waals surface area contributed by atoms with Crippen LogP contribution in [0.25, 0.3) is 0 Å². The average molecular weight is 381 g/mol. The van der Waals surface area contributed by atoms with E-state index in [2.05, 4.69) is 5.32 Å². The van der Waals surface area contributed by atoms with Gasteiger partial charge in [-0.2, -0.15) is 0 Å². The third-order valence-corrected chi connectivity index (χ3v) is 5.34. The Morgan fingerprint density at radius 1 is 1.04 bits per heavy atom. The SMILES string of the molecule is COc1ccc(C)cc1NC(=O)C(Sc1ccccc1F)c1ccccc1. The van der Waals surface area contributed by atoms with Gasteiger partial charge in [-0.25, -0.2) is 4.39 Å². The first-order chi connectivity index (χ1) is 13.1. The van der Waals surface area contributed by atoms with E-state index in [1.54, 1.807) is 25.3 Å². The molecular weight excluding hydrogens is 361 g/mol. The molecule has 5 heteroatoms. The zero-order valence-electron chi connectivity index (χ0n) is 15.1. The first-order valence-corrected chi connectivity index (χ1v) is 9.38. The smallest absolute Gasteiger partial charge is 0.242 e. The predicted octanol–water partition coefficient (Wildman–Crippen LogP) is 5.61. The van der Waals surface area contributed by atoms with Gasteiger partial charge in [0.15, 0.2) is 0 Å². The fourth-order valence-corrected chi connectivity index (χ4v) is 3.74. The molecular formula is C22H20FNO2S. The van der Waals surface area contributed by atoms with E-state index in [9.17, 15) is 9.18 Å². The fourth-order valence-electron chi connectivity index (χ4n) is 2.69. The van der Waals surface area contributed by atoms with Crippen molar-refractivity contribution in [3.63, 3.8) is 0 Å². The summed E-state index contributed by atoms with van der Waals surface area (Å²) >= 11 is 1.19. The van der Waals surface area contributed by atoms with Crippen LogP contribution in [0.1, 0.15) is 16.4 Å². The molecule has 0 fully saturated rings. The van der Waals surface area contributed by atoms with Crippen LogP contribution in [0.3, 0.4) is 0 Å². The first kappa shape index (κ1) is 19.0. The molecule has 0 aliphatic rings. The summed E-state index contributed by atoms with van der Waals surface area (Å²) in [6.45, 7) is 1.94. The average Bonchev–Trinajstić information content (AvgIpc) is 2.68. The van der Waals surface area contributed by atoms with Gasteiger partial charge < -0.3 is 10.1 Å². The molecule has 1 unspecified atom stereocenters. The van der Waals surface area contributed by atoms with Crippen molar-refractivity contribution in [1.29, 1.82) is 0 Å². The van der Waals surface area contributed by atoms with Gasteiger partial charge in [0.2, 0.25) is 5.91 Å².